The van der Waals surface area contributed by atoms with Crippen LogP contribution in [0.15, 0.2) is 84.1 Å². The number of ether oxygens (including phenoxy) is 4. The summed E-state index contributed by atoms with van der Waals surface area (Å²) in [5.74, 6) is 0. The molecule has 11 nitrogen and oxygen atoms in total. The van der Waals surface area contributed by atoms with E-state index < -0.39 is 12.2 Å². The number of aromatic nitrogens is 2. The van der Waals surface area contributed by atoms with Gasteiger partial charge in [-0.25, -0.2) is 9.59 Å². The molecule has 0 radical (unpaired) electrons. The molecule has 240 valence electrons. The van der Waals surface area contributed by atoms with Crippen molar-refractivity contribution in [3.05, 3.63) is 105 Å². The first kappa shape index (κ1) is 34.0. The van der Waals surface area contributed by atoms with Crippen LogP contribution in [0.25, 0.3) is 0 Å². The maximum absolute atomic E-state index is 12.7. The minimum Gasteiger partial charge on any atom is -0.444 e. The van der Waals surface area contributed by atoms with Gasteiger partial charge in [0, 0.05) is 25.5 Å². The minimum absolute atomic E-state index is 0.139. The van der Waals surface area contributed by atoms with Crippen LogP contribution in [0.2, 0.25) is 0 Å². The van der Waals surface area contributed by atoms with Crippen molar-refractivity contribution < 1.29 is 28.5 Å². The summed E-state index contributed by atoms with van der Waals surface area (Å²) in [6.45, 7) is 5.20. The molecule has 2 atom stereocenters. The van der Waals surface area contributed by atoms with Crippen LogP contribution >= 0.6 is 22.7 Å². The molecule has 4 aromatic rings. The van der Waals surface area contributed by atoms with Crippen LogP contribution in [0.3, 0.4) is 0 Å². The van der Waals surface area contributed by atoms with Crippen molar-refractivity contribution >= 4 is 34.9 Å². The molecule has 0 unspecified atom stereocenters. The maximum Gasteiger partial charge on any atom is 0.407 e. The fraction of sp³-hybridized carbons (Fsp3) is 0.375. The average Bonchev–Trinajstić information content (AvgIpc) is 3.78. The van der Waals surface area contributed by atoms with Gasteiger partial charge in [-0.05, 0) is 17.7 Å². The van der Waals surface area contributed by atoms with Gasteiger partial charge in [0.15, 0.2) is 0 Å². The van der Waals surface area contributed by atoms with Gasteiger partial charge in [0.2, 0.25) is 0 Å². The fourth-order valence-corrected chi connectivity index (χ4v) is 5.35. The van der Waals surface area contributed by atoms with E-state index in [4.69, 9.17) is 18.9 Å². The van der Waals surface area contributed by atoms with Crippen molar-refractivity contribution in [2.45, 2.75) is 45.4 Å². The predicted octanol–water partition coefficient (Wildman–Crippen LogP) is 5.24. The van der Waals surface area contributed by atoms with Gasteiger partial charge in [0.1, 0.15) is 13.2 Å². The topological polar surface area (TPSA) is 124 Å². The molecule has 13 heteroatoms. The third-order valence-electron chi connectivity index (χ3n) is 6.57. The largest absolute Gasteiger partial charge is 0.444 e. The van der Waals surface area contributed by atoms with E-state index in [9.17, 15) is 9.59 Å². The first-order valence-electron chi connectivity index (χ1n) is 14.6. The van der Waals surface area contributed by atoms with Crippen LogP contribution in [0.5, 0.6) is 0 Å². The first-order valence-corrected chi connectivity index (χ1v) is 16.4. The SMILES string of the molecule is CCN(C[C@H](COCc1ccccc1)NC(=O)OCc1cncs1)C[C@H](COCc1ccccc1)NC(=O)OCc1cncs1. The van der Waals surface area contributed by atoms with E-state index in [0.717, 1.165) is 20.9 Å². The minimum atomic E-state index is -0.541. The quantitative estimate of drug-likeness (QED) is 0.140. The first-order chi connectivity index (χ1) is 22.1. The third kappa shape index (κ3) is 13.3. The number of alkyl carbamates (subject to hydrolysis) is 2. The molecule has 2 aromatic carbocycles. The van der Waals surface area contributed by atoms with E-state index in [2.05, 4.69) is 25.5 Å². The number of rotatable bonds is 19. The van der Waals surface area contributed by atoms with Crippen LogP contribution < -0.4 is 10.6 Å². The second-order valence-electron chi connectivity index (χ2n) is 10.1. The van der Waals surface area contributed by atoms with Crippen molar-refractivity contribution in [3.63, 3.8) is 0 Å². The number of amides is 2. The van der Waals surface area contributed by atoms with Gasteiger partial charge >= 0.3 is 12.2 Å². The van der Waals surface area contributed by atoms with Gasteiger partial charge in [-0.1, -0.05) is 67.6 Å². The van der Waals surface area contributed by atoms with Gasteiger partial charge in [0.25, 0.3) is 0 Å². The molecule has 0 saturated carbocycles. The second kappa shape index (κ2) is 19.5. The van der Waals surface area contributed by atoms with E-state index >= 15 is 0 Å². The molecule has 0 spiro atoms. The lowest BCUT2D eigenvalue weighted by Gasteiger charge is -2.30. The Bertz CT molecular complexity index is 1260. The zero-order chi connectivity index (χ0) is 31.5. The van der Waals surface area contributed by atoms with Crippen molar-refractivity contribution in [1.82, 2.24) is 25.5 Å². The van der Waals surface area contributed by atoms with Gasteiger partial charge in [-0.3, -0.25) is 14.9 Å². The number of likely N-dealkylation sites (N-methyl/N-ethyl adjacent to an activating group) is 1. The number of thiazole rings is 2. The zero-order valence-electron chi connectivity index (χ0n) is 25.2. The normalized spacial score (nSPS) is 12.4. The molecule has 0 aliphatic rings. The summed E-state index contributed by atoms with van der Waals surface area (Å²) in [6.07, 6.45) is 2.26. The molecule has 2 aromatic heterocycles. The number of benzene rings is 2. The number of nitrogens with one attached hydrogen (secondary N) is 2. The molecular weight excluding hydrogens is 615 g/mol. The van der Waals surface area contributed by atoms with E-state index in [-0.39, 0.29) is 38.5 Å². The van der Waals surface area contributed by atoms with Crippen LogP contribution in [0, 0.1) is 0 Å². The number of carbonyl (C=O) groups is 2. The highest BCUT2D eigenvalue weighted by atomic mass is 32.1. The molecule has 0 aliphatic carbocycles. The standard InChI is InChI=1S/C32H39N5O6S2/c1-2-37(15-27(19-40-17-25-9-5-3-6-10-25)35-31(38)42-21-29-13-33-23-44-29)16-28(20-41-18-26-11-7-4-8-12-26)36-32(39)43-22-30-14-34-24-45-30/h3-14,23-24,27-28H,2,15-22H2,1H3,(H,35,38)(H,36,39)/t27-,28-/m1/s1. The van der Waals surface area contributed by atoms with Crippen molar-refractivity contribution in [1.29, 1.82) is 0 Å². The number of hydrogen-bond donors (Lipinski definition) is 2. The lowest BCUT2D eigenvalue weighted by molar-refractivity contribution is 0.0623. The lowest BCUT2D eigenvalue weighted by atomic mass is 10.2. The Kier molecular flexibility index (Phi) is 14.7. The Morgan fingerprint density at radius 1 is 0.711 bits per heavy atom. The summed E-state index contributed by atoms with van der Waals surface area (Å²) in [6, 6.07) is 18.9. The Labute approximate surface area is 271 Å². The summed E-state index contributed by atoms with van der Waals surface area (Å²) < 4.78 is 22.9. The third-order valence-corrected chi connectivity index (χ3v) is 8.07. The van der Waals surface area contributed by atoms with Gasteiger partial charge in [-0.2, -0.15) is 0 Å². The highest BCUT2D eigenvalue weighted by Crippen LogP contribution is 2.10. The molecule has 0 saturated heterocycles. The highest BCUT2D eigenvalue weighted by molar-refractivity contribution is 7.09. The summed E-state index contributed by atoms with van der Waals surface area (Å²) in [5, 5.41) is 5.91. The Morgan fingerprint density at radius 2 is 1.16 bits per heavy atom. The van der Waals surface area contributed by atoms with E-state index in [0.29, 0.717) is 32.8 Å². The molecule has 4 rings (SSSR count). The summed E-state index contributed by atoms with van der Waals surface area (Å²) in [4.78, 5) is 37.4. The summed E-state index contributed by atoms with van der Waals surface area (Å²) in [7, 11) is 0. The van der Waals surface area contributed by atoms with Crippen LogP contribution in [0.1, 0.15) is 27.8 Å². The Hall–Kier alpha value is -3.88. The van der Waals surface area contributed by atoms with Crippen LogP contribution in [0.4, 0.5) is 9.59 Å². The van der Waals surface area contributed by atoms with Crippen molar-refractivity contribution in [2.75, 3.05) is 32.8 Å². The van der Waals surface area contributed by atoms with E-state index in [1.165, 1.54) is 22.7 Å². The van der Waals surface area contributed by atoms with Gasteiger partial charge in [-0.15, -0.1) is 22.7 Å². The smallest absolute Gasteiger partial charge is 0.407 e. The Balaban J connectivity index is 1.36. The fourth-order valence-electron chi connectivity index (χ4n) is 4.34. The average molecular weight is 654 g/mol. The molecule has 0 aliphatic heterocycles. The molecule has 2 N–H and O–H groups in total. The second-order valence-corrected chi connectivity index (χ2v) is 12.1. The zero-order valence-corrected chi connectivity index (χ0v) is 26.8. The van der Waals surface area contributed by atoms with Gasteiger partial charge in [0.05, 0.1) is 59.3 Å². The maximum atomic E-state index is 12.7. The van der Waals surface area contributed by atoms with Crippen molar-refractivity contribution in [3.8, 4) is 0 Å². The predicted molar refractivity (Wildman–Crippen MR) is 173 cm³/mol. The number of carbonyl (C=O) groups excluding carboxylic acids is 2. The number of nitrogens with zero attached hydrogens (tertiary/aromatic N) is 3. The van der Waals surface area contributed by atoms with Crippen LogP contribution in [-0.4, -0.2) is 72.0 Å². The molecular formula is C32H39N5O6S2. The highest BCUT2D eigenvalue weighted by Gasteiger charge is 2.22. The van der Waals surface area contributed by atoms with Crippen molar-refractivity contribution in [2.24, 2.45) is 0 Å². The number of hydrogen-bond acceptors (Lipinski definition) is 11. The molecule has 0 bridgehead atoms. The van der Waals surface area contributed by atoms with E-state index in [1.807, 2.05) is 67.6 Å². The molecule has 0 fully saturated rings. The monoisotopic (exact) mass is 653 g/mol. The molecule has 45 heavy (non-hydrogen) atoms. The van der Waals surface area contributed by atoms with E-state index in [1.54, 1.807) is 23.4 Å². The lowest BCUT2D eigenvalue weighted by Crippen LogP contribution is -2.51. The van der Waals surface area contributed by atoms with Crippen LogP contribution in [-0.2, 0) is 45.4 Å². The summed E-state index contributed by atoms with van der Waals surface area (Å²) in [5.41, 5.74) is 5.46. The van der Waals surface area contributed by atoms with Gasteiger partial charge < -0.3 is 29.6 Å². The molecule has 2 amide bonds. The molecule has 2 heterocycles. The summed E-state index contributed by atoms with van der Waals surface area (Å²) >= 11 is 2.84. The Morgan fingerprint density at radius 3 is 1.53 bits per heavy atom.